The molecule has 30 heavy (non-hydrogen) atoms. The summed E-state index contributed by atoms with van der Waals surface area (Å²) >= 11 is 0. The lowest BCUT2D eigenvalue weighted by atomic mass is 9.86. The largest absolute Gasteiger partial charge is 0.492 e. The van der Waals surface area contributed by atoms with E-state index >= 15 is 0 Å². The van der Waals surface area contributed by atoms with Crippen LogP contribution >= 0.6 is 0 Å². The van der Waals surface area contributed by atoms with E-state index < -0.39 is 6.67 Å². The molecule has 2 amide bonds. The maximum Gasteiger partial charge on any atom is 0.340 e. The molecule has 0 radical (unpaired) electrons. The molecule has 1 N–H and O–H groups in total. The van der Waals surface area contributed by atoms with Gasteiger partial charge in [-0.05, 0) is 23.8 Å². The van der Waals surface area contributed by atoms with Crippen molar-refractivity contribution in [3.63, 3.8) is 0 Å². The molecule has 2 aliphatic rings. The van der Waals surface area contributed by atoms with E-state index in [1.54, 1.807) is 18.0 Å². The average molecular weight is 414 g/mol. The molecule has 158 valence electrons. The number of ether oxygens (including phenoxy) is 1. The van der Waals surface area contributed by atoms with Crippen molar-refractivity contribution in [1.82, 2.24) is 15.2 Å². The van der Waals surface area contributed by atoms with Crippen molar-refractivity contribution in [2.75, 3.05) is 40.0 Å². The van der Waals surface area contributed by atoms with Crippen LogP contribution in [0.4, 0.5) is 13.6 Å². The number of nitrogens with one attached hydrogen (secondary N) is 1. The first-order valence-electron chi connectivity index (χ1n) is 9.97. The zero-order valence-electron chi connectivity index (χ0n) is 16.7. The third-order valence-electron chi connectivity index (χ3n) is 5.41. The Hall–Kier alpha value is -3.00. The topological polar surface area (TPSA) is 57.2 Å². The van der Waals surface area contributed by atoms with Crippen LogP contribution < -0.4 is 10.1 Å². The second kappa shape index (κ2) is 8.79. The fourth-order valence-corrected chi connectivity index (χ4v) is 3.90. The summed E-state index contributed by atoms with van der Waals surface area (Å²) in [6.07, 6.45) is 0. The van der Waals surface area contributed by atoms with Crippen LogP contribution in [0.2, 0.25) is 0 Å². The monoisotopic (exact) mass is 414 g/mol. The Morgan fingerprint density at radius 1 is 1.27 bits per heavy atom. The predicted octanol–water partition coefficient (Wildman–Crippen LogP) is 3.21. The van der Waals surface area contributed by atoms with Gasteiger partial charge in [-0.25, -0.2) is 18.6 Å². The van der Waals surface area contributed by atoms with Gasteiger partial charge in [0.2, 0.25) is 0 Å². The summed E-state index contributed by atoms with van der Waals surface area (Å²) in [5, 5.41) is 9.05. The summed E-state index contributed by atoms with van der Waals surface area (Å²) in [6.45, 7) is 1.04. The van der Waals surface area contributed by atoms with Crippen molar-refractivity contribution in [3.05, 3.63) is 65.5 Å². The Balaban J connectivity index is 1.65. The van der Waals surface area contributed by atoms with Crippen LogP contribution in [0.1, 0.15) is 17.2 Å². The number of hydrazone groups is 1. The number of alkyl halides is 1. The number of amides is 2. The number of rotatable bonds is 6. The molecule has 0 bridgehead atoms. The maximum absolute atomic E-state index is 13.9. The molecule has 0 spiro atoms. The number of nitrogens with zero attached hydrogens (tertiary/aromatic N) is 3. The molecule has 0 saturated carbocycles. The number of urea groups is 1. The SMILES string of the molecule is CN(CCNCCF)C(=O)N1N=C2c3cc(F)ccc3OCC2C1c1ccccc1. The molecule has 0 aromatic heterocycles. The fraction of sp³-hybridized carbons (Fsp3) is 0.364. The number of carbonyl (C=O) groups is 1. The van der Waals surface area contributed by atoms with Crippen LogP contribution in [0, 0.1) is 11.7 Å². The van der Waals surface area contributed by atoms with E-state index in [9.17, 15) is 13.6 Å². The average Bonchev–Trinajstić information content (AvgIpc) is 3.16. The predicted molar refractivity (Wildman–Crippen MR) is 110 cm³/mol. The van der Waals surface area contributed by atoms with E-state index in [1.807, 2.05) is 30.3 Å². The summed E-state index contributed by atoms with van der Waals surface area (Å²) < 4.78 is 32.1. The minimum absolute atomic E-state index is 0.205. The van der Waals surface area contributed by atoms with Gasteiger partial charge >= 0.3 is 6.03 Å². The van der Waals surface area contributed by atoms with Crippen LogP contribution in [-0.4, -0.2) is 61.6 Å². The first-order chi connectivity index (χ1) is 14.6. The molecule has 0 saturated heterocycles. The van der Waals surface area contributed by atoms with Crippen molar-refractivity contribution in [2.45, 2.75) is 6.04 Å². The third-order valence-corrected chi connectivity index (χ3v) is 5.41. The highest BCUT2D eigenvalue weighted by molar-refractivity contribution is 6.07. The van der Waals surface area contributed by atoms with Crippen LogP contribution in [0.25, 0.3) is 0 Å². The van der Waals surface area contributed by atoms with Gasteiger partial charge in [0.15, 0.2) is 0 Å². The molecule has 2 aliphatic heterocycles. The molecule has 2 aromatic carbocycles. The van der Waals surface area contributed by atoms with Crippen LogP contribution in [-0.2, 0) is 0 Å². The quantitative estimate of drug-likeness (QED) is 0.739. The molecule has 2 atom stereocenters. The number of likely N-dealkylation sites (N-methyl/N-ethyl adjacent to an activating group) is 1. The van der Waals surface area contributed by atoms with E-state index in [0.29, 0.717) is 36.7 Å². The van der Waals surface area contributed by atoms with Gasteiger partial charge in [0.25, 0.3) is 0 Å². The van der Waals surface area contributed by atoms with Crippen molar-refractivity contribution in [3.8, 4) is 5.75 Å². The molecular weight excluding hydrogens is 390 g/mol. The fourth-order valence-electron chi connectivity index (χ4n) is 3.90. The Morgan fingerprint density at radius 2 is 2.07 bits per heavy atom. The van der Waals surface area contributed by atoms with Gasteiger partial charge in [-0.1, -0.05) is 30.3 Å². The van der Waals surface area contributed by atoms with Gasteiger partial charge in [0.05, 0.1) is 24.3 Å². The van der Waals surface area contributed by atoms with Crippen molar-refractivity contribution >= 4 is 11.7 Å². The molecule has 4 rings (SSSR count). The lowest BCUT2D eigenvalue weighted by Crippen LogP contribution is -2.43. The summed E-state index contributed by atoms with van der Waals surface area (Å²) in [4.78, 5) is 14.8. The van der Waals surface area contributed by atoms with Crippen molar-refractivity contribution in [2.24, 2.45) is 11.0 Å². The number of benzene rings is 2. The Labute approximate surface area is 174 Å². The Bertz CT molecular complexity index is 938. The number of hydrogen-bond acceptors (Lipinski definition) is 4. The van der Waals surface area contributed by atoms with Gasteiger partial charge < -0.3 is 15.0 Å². The third kappa shape index (κ3) is 3.87. The number of halogens is 2. The van der Waals surface area contributed by atoms with Crippen LogP contribution in [0.5, 0.6) is 5.75 Å². The molecule has 0 fully saturated rings. The van der Waals surface area contributed by atoms with Gasteiger partial charge in [-0.15, -0.1) is 0 Å². The lowest BCUT2D eigenvalue weighted by Gasteiger charge is -2.31. The maximum atomic E-state index is 13.9. The zero-order chi connectivity index (χ0) is 21.1. The zero-order valence-corrected chi connectivity index (χ0v) is 16.7. The molecule has 6 nitrogen and oxygen atoms in total. The summed E-state index contributed by atoms with van der Waals surface area (Å²) in [5.74, 6) is -0.0159. The second-order valence-corrected chi connectivity index (χ2v) is 7.39. The van der Waals surface area contributed by atoms with E-state index in [2.05, 4.69) is 10.4 Å². The van der Waals surface area contributed by atoms with Gasteiger partial charge in [0, 0.05) is 32.2 Å². The summed E-state index contributed by atoms with van der Waals surface area (Å²) in [7, 11) is 1.69. The normalized spacial score (nSPS) is 19.6. The van der Waals surface area contributed by atoms with Crippen LogP contribution in [0.3, 0.4) is 0 Å². The highest BCUT2D eigenvalue weighted by atomic mass is 19.1. The lowest BCUT2D eigenvalue weighted by molar-refractivity contribution is 0.133. The van der Waals surface area contributed by atoms with E-state index in [4.69, 9.17) is 4.74 Å². The van der Waals surface area contributed by atoms with Gasteiger partial charge in [-0.3, -0.25) is 0 Å². The Morgan fingerprint density at radius 3 is 2.83 bits per heavy atom. The highest BCUT2D eigenvalue weighted by Gasteiger charge is 2.45. The minimum Gasteiger partial charge on any atom is -0.492 e. The van der Waals surface area contributed by atoms with Crippen LogP contribution in [0.15, 0.2) is 53.6 Å². The number of carbonyl (C=O) groups excluding carboxylic acids is 1. The number of hydrogen-bond donors (Lipinski definition) is 1. The standard InChI is InChI=1S/C22H24F2N4O2/c1-27(12-11-25-10-9-23)22(29)28-21(15-5-3-2-4-6-15)18-14-30-19-8-7-16(24)13-17(19)20(18)26-28/h2-8,13,18,21,25H,9-12,14H2,1H3. The minimum atomic E-state index is -0.453. The molecule has 2 unspecified atom stereocenters. The van der Waals surface area contributed by atoms with Crippen molar-refractivity contribution in [1.29, 1.82) is 0 Å². The first kappa shape index (κ1) is 20.3. The van der Waals surface area contributed by atoms with Gasteiger partial charge in [-0.2, -0.15) is 5.10 Å². The smallest absolute Gasteiger partial charge is 0.340 e. The first-order valence-corrected chi connectivity index (χ1v) is 9.97. The summed E-state index contributed by atoms with van der Waals surface area (Å²) in [5.41, 5.74) is 2.17. The second-order valence-electron chi connectivity index (χ2n) is 7.39. The van der Waals surface area contributed by atoms with E-state index in [-0.39, 0.29) is 30.4 Å². The molecule has 0 aliphatic carbocycles. The highest BCUT2D eigenvalue weighted by Crippen LogP contribution is 2.42. The van der Waals surface area contributed by atoms with E-state index in [0.717, 1.165) is 5.56 Å². The summed E-state index contributed by atoms with van der Waals surface area (Å²) in [6, 6.07) is 13.4. The van der Waals surface area contributed by atoms with Gasteiger partial charge in [0.1, 0.15) is 18.2 Å². The molecule has 8 heteroatoms. The van der Waals surface area contributed by atoms with Crippen molar-refractivity contribution < 1.29 is 18.3 Å². The molecule has 2 aromatic rings. The number of fused-ring (bicyclic) bond motifs is 3. The molecular formula is C22H24F2N4O2. The van der Waals surface area contributed by atoms with E-state index in [1.165, 1.54) is 17.1 Å². The molecule has 2 heterocycles. The Kier molecular flexibility index (Phi) is 5.94.